The molecule has 0 bridgehead atoms. The molecular weight excluding hydrogens is 544 g/mol. The number of hydrogen-bond acceptors (Lipinski definition) is 9. The minimum absolute atomic E-state index is 0.0186. The minimum atomic E-state index is -0.490. The highest BCUT2D eigenvalue weighted by Crippen LogP contribution is 2.25. The van der Waals surface area contributed by atoms with E-state index in [4.69, 9.17) is 20.7 Å². The summed E-state index contributed by atoms with van der Waals surface area (Å²) < 4.78 is 4.44. The Balaban J connectivity index is 1.42. The fraction of sp³-hybridized carbons (Fsp3) is 0.323. The van der Waals surface area contributed by atoms with Crippen molar-refractivity contribution in [2.45, 2.75) is 45.8 Å². The van der Waals surface area contributed by atoms with E-state index < -0.39 is 11.2 Å². The third-order valence-electron chi connectivity index (χ3n) is 8.23. The van der Waals surface area contributed by atoms with Crippen LogP contribution < -0.4 is 21.9 Å². The number of para-hydroxylation sites is 2. The molecule has 12 nitrogen and oxygen atoms in total. The van der Waals surface area contributed by atoms with Crippen LogP contribution in [-0.2, 0) is 20.1 Å². The van der Waals surface area contributed by atoms with Gasteiger partial charge >= 0.3 is 5.69 Å². The van der Waals surface area contributed by atoms with Crippen LogP contribution in [0.25, 0.3) is 33.0 Å². The number of piperidine rings is 1. The number of nitrogens with zero attached hydrogens (tertiary/aromatic N) is 9. The van der Waals surface area contributed by atoms with Crippen molar-refractivity contribution >= 4 is 38.9 Å². The summed E-state index contributed by atoms with van der Waals surface area (Å²) in [7, 11) is 1.63. The predicted molar refractivity (Wildman–Crippen MR) is 165 cm³/mol. The summed E-state index contributed by atoms with van der Waals surface area (Å²) in [6.07, 6.45) is 1.82. The molecule has 1 atom stereocenters. The minimum Gasteiger partial charge on any atom is -0.341 e. The van der Waals surface area contributed by atoms with Gasteiger partial charge in [0.1, 0.15) is 11.6 Å². The van der Waals surface area contributed by atoms with Gasteiger partial charge in [-0.15, -0.1) is 0 Å². The van der Waals surface area contributed by atoms with Gasteiger partial charge < -0.3 is 10.6 Å². The molecule has 2 aromatic carbocycles. The molecule has 0 radical (unpaired) electrons. The van der Waals surface area contributed by atoms with Gasteiger partial charge in [0.05, 0.1) is 24.1 Å². The van der Waals surface area contributed by atoms with Crippen LogP contribution >= 0.6 is 0 Å². The SMILES string of the molecule is Cc1nc(Cn2c(=O)c3c(nc(N4CCCC(N)C4)n3Cc3nc(C)c4ccccc4n3)n(C)c2=O)nc2ccccc12. The average molecular weight is 577 g/mol. The third-order valence-corrected chi connectivity index (χ3v) is 8.23. The predicted octanol–water partition coefficient (Wildman–Crippen LogP) is 2.42. The first-order chi connectivity index (χ1) is 20.8. The smallest absolute Gasteiger partial charge is 0.332 e. The molecule has 1 saturated heterocycles. The van der Waals surface area contributed by atoms with E-state index in [-0.39, 0.29) is 19.1 Å². The number of imidazole rings is 1. The number of rotatable bonds is 5. The molecule has 1 fully saturated rings. The molecule has 1 aliphatic heterocycles. The molecule has 5 heterocycles. The van der Waals surface area contributed by atoms with Gasteiger partial charge in [-0.1, -0.05) is 36.4 Å². The van der Waals surface area contributed by atoms with E-state index in [0.717, 1.165) is 52.6 Å². The Labute approximate surface area is 246 Å². The molecule has 2 N–H and O–H groups in total. The van der Waals surface area contributed by atoms with Crippen molar-refractivity contribution < 1.29 is 0 Å². The standard InChI is InChI=1S/C31H32N10O2/c1-18-21-10-4-6-12-23(21)35-25(33-18)16-40-27-28(37-30(40)39-14-8-9-20(32)15-39)38(3)31(43)41(29(27)42)17-26-34-19(2)22-11-5-7-13-24(22)36-26/h4-7,10-13,20H,8-9,14-17,32H2,1-3H3. The molecule has 0 amide bonds. The highest BCUT2D eigenvalue weighted by Gasteiger charge is 2.27. The van der Waals surface area contributed by atoms with Gasteiger partial charge in [0.2, 0.25) is 5.95 Å². The van der Waals surface area contributed by atoms with Gasteiger partial charge in [-0.25, -0.2) is 24.7 Å². The van der Waals surface area contributed by atoms with Crippen LogP contribution in [0.5, 0.6) is 0 Å². The first kappa shape index (κ1) is 26.9. The molecule has 218 valence electrons. The lowest BCUT2D eigenvalue weighted by molar-refractivity contribution is 0.494. The van der Waals surface area contributed by atoms with Crippen LogP contribution in [0, 0.1) is 13.8 Å². The first-order valence-corrected chi connectivity index (χ1v) is 14.4. The zero-order valence-electron chi connectivity index (χ0n) is 24.4. The maximum atomic E-state index is 14.3. The van der Waals surface area contributed by atoms with Gasteiger partial charge in [-0.3, -0.25) is 18.5 Å². The topological polar surface area (TPSA) is 143 Å². The summed E-state index contributed by atoms with van der Waals surface area (Å²) in [4.78, 5) is 53.7. The molecule has 43 heavy (non-hydrogen) atoms. The second kappa shape index (κ2) is 10.4. The maximum absolute atomic E-state index is 14.3. The molecule has 0 spiro atoms. The quantitative estimate of drug-likeness (QED) is 0.327. The van der Waals surface area contributed by atoms with E-state index >= 15 is 0 Å². The van der Waals surface area contributed by atoms with Crippen LogP contribution in [0.15, 0.2) is 58.1 Å². The van der Waals surface area contributed by atoms with E-state index in [9.17, 15) is 9.59 Å². The molecule has 1 aliphatic rings. The molecular formula is C31H32N10O2. The largest absolute Gasteiger partial charge is 0.341 e. The maximum Gasteiger partial charge on any atom is 0.332 e. The Morgan fingerprint density at radius 3 is 2.00 bits per heavy atom. The summed E-state index contributed by atoms with van der Waals surface area (Å²) in [5.41, 5.74) is 9.20. The highest BCUT2D eigenvalue weighted by molar-refractivity contribution is 5.81. The van der Waals surface area contributed by atoms with Crippen molar-refractivity contribution in [3.63, 3.8) is 0 Å². The molecule has 0 saturated carbocycles. The fourth-order valence-corrected chi connectivity index (χ4v) is 6.10. The van der Waals surface area contributed by atoms with Crippen LogP contribution in [-0.4, -0.2) is 57.8 Å². The molecule has 0 aliphatic carbocycles. The highest BCUT2D eigenvalue weighted by atomic mass is 16.2. The lowest BCUT2D eigenvalue weighted by Gasteiger charge is -2.31. The van der Waals surface area contributed by atoms with Crippen molar-refractivity contribution in [3.05, 3.63) is 92.4 Å². The summed E-state index contributed by atoms with van der Waals surface area (Å²) in [6.45, 7) is 5.30. The van der Waals surface area contributed by atoms with Crippen LogP contribution in [0.3, 0.4) is 0 Å². The normalized spacial score (nSPS) is 15.6. The van der Waals surface area contributed by atoms with Gasteiger partial charge in [0.15, 0.2) is 11.2 Å². The van der Waals surface area contributed by atoms with E-state index in [2.05, 4.69) is 14.9 Å². The Morgan fingerprint density at radius 1 is 0.814 bits per heavy atom. The lowest BCUT2D eigenvalue weighted by Crippen LogP contribution is -2.44. The Kier molecular flexibility index (Phi) is 6.50. The molecule has 1 unspecified atom stereocenters. The summed E-state index contributed by atoms with van der Waals surface area (Å²) >= 11 is 0. The van der Waals surface area contributed by atoms with Crippen molar-refractivity contribution in [3.8, 4) is 0 Å². The summed E-state index contributed by atoms with van der Waals surface area (Å²) in [5, 5.41) is 1.90. The van der Waals surface area contributed by atoms with Crippen molar-refractivity contribution in [2.24, 2.45) is 12.8 Å². The summed E-state index contributed by atoms with van der Waals surface area (Å²) in [6, 6.07) is 15.5. The van der Waals surface area contributed by atoms with Crippen molar-refractivity contribution in [1.29, 1.82) is 0 Å². The van der Waals surface area contributed by atoms with Gasteiger partial charge in [0.25, 0.3) is 5.56 Å². The van der Waals surface area contributed by atoms with Crippen LogP contribution in [0.1, 0.15) is 35.9 Å². The van der Waals surface area contributed by atoms with Gasteiger partial charge in [0, 0.05) is 48.3 Å². The Hall–Kier alpha value is -4.97. The number of hydrogen-bond donors (Lipinski definition) is 1. The number of nitrogens with two attached hydrogens (primary N) is 1. The number of benzene rings is 2. The van der Waals surface area contributed by atoms with Crippen molar-refractivity contribution in [2.75, 3.05) is 18.0 Å². The lowest BCUT2D eigenvalue weighted by atomic mass is 10.1. The monoisotopic (exact) mass is 576 g/mol. The van der Waals surface area contributed by atoms with Crippen molar-refractivity contribution in [1.82, 2.24) is 38.6 Å². The molecule has 12 heteroatoms. The van der Waals surface area contributed by atoms with Gasteiger partial charge in [-0.05, 0) is 38.8 Å². The number of anilines is 1. The number of aromatic nitrogens is 8. The second-order valence-corrected chi connectivity index (χ2v) is 11.2. The van der Waals surface area contributed by atoms with Gasteiger partial charge in [-0.2, -0.15) is 4.98 Å². The number of fused-ring (bicyclic) bond motifs is 3. The third kappa shape index (κ3) is 4.63. The van der Waals surface area contributed by atoms with Crippen LogP contribution in [0.4, 0.5) is 5.95 Å². The Bertz CT molecular complexity index is 2160. The first-order valence-electron chi connectivity index (χ1n) is 14.4. The number of aryl methyl sites for hydroxylation is 3. The molecule has 4 aromatic heterocycles. The Morgan fingerprint density at radius 2 is 1.40 bits per heavy atom. The van der Waals surface area contributed by atoms with E-state index in [1.807, 2.05) is 66.9 Å². The zero-order chi connectivity index (χ0) is 29.8. The van der Waals surface area contributed by atoms with E-state index in [0.29, 0.717) is 35.3 Å². The zero-order valence-corrected chi connectivity index (χ0v) is 24.4. The molecule has 7 rings (SSSR count). The van der Waals surface area contributed by atoms with E-state index in [1.54, 1.807) is 7.05 Å². The second-order valence-electron chi connectivity index (χ2n) is 11.2. The van der Waals surface area contributed by atoms with E-state index in [1.165, 1.54) is 9.13 Å². The fourth-order valence-electron chi connectivity index (χ4n) is 6.10. The van der Waals surface area contributed by atoms with Crippen LogP contribution in [0.2, 0.25) is 0 Å². The molecule has 6 aromatic rings. The summed E-state index contributed by atoms with van der Waals surface area (Å²) in [5.74, 6) is 1.50. The average Bonchev–Trinajstić information content (AvgIpc) is 3.37.